The van der Waals surface area contributed by atoms with Crippen LogP contribution < -0.4 is 0 Å². The summed E-state index contributed by atoms with van der Waals surface area (Å²) < 4.78 is 4.92. The van der Waals surface area contributed by atoms with Gasteiger partial charge in [0.25, 0.3) is 0 Å². The van der Waals surface area contributed by atoms with E-state index in [9.17, 15) is 4.79 Å². The van der Waals surface area contributed by atoms with Crippen molar-refractivity contribution in [1.29, 1.82) is 0 Å². The Hall–Kier alpha value is -1.04. The Morgan fingerprint density at radius 3 is 2.80 bits per heavy atom. The Morgan fingerprint density at radius 1 is 1.60 bits per heavy atom. The van der Waals surface area contributed by atoms with Crippen LogP contribution in [0.2, 0.25) is 0 Å². The number of carboxylic acids is 1. The van der Waals surface area contributed by atoms with Crippen molar-refractivity contribution >= 4 is 17.7 Å². The molecule has 15 heavy (non-hydrogen) atoms. The molecule has 0 saturated carbocycles. The number of nitrogens with zero attached hydrogens (tertiary/aromatic N) is 2. The lowest BCUT2D eigenvalue weighted by atomic mass is 10.3. The van der Waals surface area contributed by atoms with Gasteiger partial charge in [-0.2, -0.15) is 4.98 Å². The molecule has 1 unspecified atom stereocenters. The second-order valence-corrected chi connectivity index (χ2v) is 4.20. The van der Waals surface area contributed by atoms with E-state index in [0.29, 0.717) is 30.3 Å². The van der Waals surface area contributed by atoms with E-state index >= 15 is 0 Å². The minimum atomic E-state index is -0.790. The van der Waals surface area contributed by atoms with Gasteiger partial charge >= 0.3 is 5.97 Å². The number of hydrogen-bond acceptors (Lipinski definition) is 5. The van der Waals surface area contributed by atoms with Crippen molar-refractivity contribution in [3.05, 3.63) is 11.7 Å². The number of carboxylic acid groups (broad SMARTS) is 1. The molecule has 0 bridgehead atoms. The highest BCUT2D eigenvalue weighted by molar-refractivity contribution is 7.99. The molecule has 84 valence electrons. The summed E-state index contributed by atoms with van der Waals surface area (Å²) in [4.78, 5) is 14.8. The first kappa shape index (κ1) is 12.0. The van der Waals surface area contributed by atoms with Crippen LogP contribution in [0.5, 0.6) is 0 Å². The molecule has 5 nitrogen and oxygen atoms in total. The van der Waals surface area contributed by atoms with Crippen molar-refractivity contribution < 1.29 is 14.4 Å². The molecule has 1 heterocycles. The second-order valence-electron chi connectivity index (χ2n) is 3.00. The molecule has 1 aromatic heterocycles. The zero-order valence-electron chi connectivity index (χ0n) is 8.77. The molecule has 0 spiro atoms. The smallest absolute Gasteiger partial charge is 0.316 e. The largest absolute Gasteiger partial charge is 0.480 e. The van der Waals surface area contributed by atoms with Crippen LogP contribution in [0.25, 0.3) is 0 Å². The maximum atomic E-state index is 10.7. The summed E-state index contributed by atoms with van der Waals surface area (Å²) in [5.41, 5.74) is 0. The third kappa shape index (κ3) is 3.54. The summed E-state index contributed by atoms with van der Waals surface area (Å²) in [7, 11) is 0. The van der Waals surface area contributed by atoms with Gasteiger partial charge in [-0.05, 0) is 6.42 Å². The molecule has 0 aliphatic rings. The SMILES string of the molecule is CCc1nc(CSC(CC)C(=O)O)no1. The van der Waals surface area contributed by atoms with Crippen LogP contribution in [0.4, 0.5) is 0 Å². The van der Waals surface area contributed by atoms with Crippen LogP contribution in [0.1, 0.15) is 32.0 Å². The van der Waals surface area contributed by atoms with E-state index in [2.05, 4.69) is 10.1 Å². The maximum absolute atomic E-state index is 10.7. The molecule has 0 amide bonds. The zero-order chi connectivity index (χ0) is 11.3. The first-order chi connectivity index (χ1) is 7.17. The Labute approximate surface area is 92.2 Å². The van der Waals surface area contributed by atoms with E-state index in [-0.39, 0.29) is 0 Å². The first-order valence-corrected chi connectivity index (χ1v) is 5.88. The van der Waals surface area contributed by atoms with Crippen LogP contribution in [-0.4, -0.2) is 26.5 Å². The van der Waals surface area contributed by atoms with Crippen LogP contribution in [0.15, 0.2) is 4.52 Å². The fourth-order valence-electron chi connectivity index (χ4n) is 1.03. The summed E-state index contributed by atoms with van der Waals surface area (Å²) >= 11 is 1.32. The molecule has 1 atom stereocenters. The summed E-state index contributed by atoms with van der Waals surface area (Å²) in [5.74, 6) is 0.848. The van der Waals surface area contributed by atoms with Crippen molar-refractivity contribution in [2.45, 2.75) is 37.7 Å². The predicted molar refractivity (Wildman–Crippen MR) is 56.7 cm³/mol. The van der Waals surface area contributed by atoms with Crippen molar-refractivity contribution in [3.8, 4) is 0 Å². The Bertz CT molecular complexity index is 327. The Balaban J connectivity index is 2.45. The van der Waals surface area contributed by atoms with E-state index in [0.717, 1.165) is 0 Å². The third-order valence-electron chi connectivity index (χ3n) is 1.87. The van der Waals surface area contributed by atoms with Crippen LogP contribution in [0, 0.1) is 0 Å². The number of carbonyl (C=O) groups is 1. The predicted octanol–water partition coefficient (Wildman–Crippen LogP) is 1.73. The number of rotatable bonds is 6. The van der Waals surface area contributed by atoms with Gasteiger partial charge in [0.15, 0.2) is 5.82 Å². The molecule has 1 rings (SSSR count). The lowest BCUT2D eigenvalue weighted by molar-refractivity contribution is -0.136. The van der Waals surface area contributed by atoms with Crippen LogP contribution in [0.3, 0.4) is 0 Å². The van der Waals surface area contributed by atoms with Gasteiger partial charge in [0, 0.05) is 6.42 Å². The van der Waals surface area contributed by atoms with Crippen LogP contribution in [-0.2, 0) is 17.0 Å². The molecule has 6 heteroatoms. The minimum Gasteiger partial charge on any atom is -0.480 e. The Kier molecular flexibility index (Phi) is 4.61. The molecular weight excluding hydrogens is 216 g/mol. The van der Waals surface area contributed by atoms with Gasteiger partial charge < -0.3 is 9.63 Å². The van der Waals surface area contributed by atoms with Crippen LogP contribution >= 0.6 is 11.8 Å². The summed E-state index contributed by atoms with van der Waals surface area (Å²) in [5, 5.41) is 12.2. The van der Waals surface area contributed by atoms with E-state index in [4.69, 9.17) is 9.63 Å². The average Bonchev–Trinajstić information content (AvgIpc) is 2.66. The van der Waals surface area contributed by atoms with E-state index in [1.807, 2.05) is 13.8 Å². The molecule has 1 aromatic rings. The minimum absolute atomic E-state index is 0.395. The van der Waals surface area contributed by atoms with Crippen molar-refractivity contribution in [3.63, 3.8) is 0 Å². The van der Waals surface area contributed by atoms with Crippen molar-refractivity contribution in [1.82, 2.24) is 10.1 Å². The molecular formula is C9H14N2O3S. The highest BCUT2D eigenvalue weighted by Crippen LogP contribution is 2.19. The zero-order valence-corrected chi connectivity index (χ0v) is 9.58. The number of thioether (sulfide) groups is 1. The number of aliphatic carboxylic acids is 1. The monoisotopic (exact) mass is 230 g/mol. The maximum Gasteiger partial charge on any atom is 0.316 e. The topological polar surface area (TPSA) is 76.2 Å². The van der Waals surface area contributed by atoms with Gasteiger partial charge in [0.05, 0.1) is 5.75 Å². The molecule has 0 aliphatic heterocycles. The summed E-state index contributed by atoms with van der Waals surface area (Å²) in [6, 6.07) is 0. The number of aromatic nitrogens is 2. The second kappa shape index (κ2) is 5.75. The molecule has 0 aliphatic carbocycles. The number of aryl methyl sites for hydroxylation is 1. The Morgan fingerprint density at radius 2 is 2.33 bits per heavy atom. The number of hydrogen-bond donors (Lipinski definition) is 1. The molecule has 0 radical (unpaired) electrons. The normalized spacial score (nSPS) is 12.7. The van der Waals surface area contributed by atoms with Gasteiger partial charge in [0.2, 0.25) is 5.89 Å². The van der Waals surface area contributed by atoms with E-state index < -0.39 is 11.2 Å². The lowest BCUT2D eigenvalue weighted by Gasteiger charge is -2.06. The van der Waals surface area contributed by atoms with E-state index in [1.165, 1.54) is 11.8 Å². The van der Waals surface area contributed by atoms with E-state index in [1.54, 1.807) is 0 Å². The third-order valence-corrected chi connectivity index (χ3v) is 3.23. The van der Waals surface area contributed by atoms with Crippen molar-refractivity contribution in [2.75, 3.05) is 0 Å². The van der Waals surface area contributed by atoms with Gasteiger partial charge in [-0.1, -0.05) is 19.0 Å². The quantitative estimate of drug-likeness (QED) is 0.802. The summed E-state index contributed by atoms with van der Waals surface area (Å²) in [6.45, 7) is 3.77. The summed E-state index contributed by atoms with van der Waals surface area (Å²) in [6.07, 6.45) is 1.30. The molecule has 1 N–H and O–H groups in total. The standard InChI is InChI=1S/C9H14N2O3S/c1-3-6(9(12)13)15-5-7-10-8(4-2)14-11-7/h6H,3-5H2,1-2H3,(H,12,13). The highest BCUT2D eigenvalue weighted by atomic mass is 32.2. The fourth-order valence-corrected chi connectivity index (χ4v) is 1.88. The average molecular weight is 230 g/mol. The molecule has 0 saturated heterocycles. The van der Waals surface area contributed by atoms with Gasteiger partial charge in [-0.25, -0.2) is 0 Å². The lowest BCUT2D eigenvalue weighted by Crippen LogP contribution is -2.15. The van der Waals surface area contributed by atoms with Gasteiger partial charge in [0.1, 0.15) is 5.25 Å². The molecule has 0 fully saturated rings. The fraction of sp³-hybridized carbons (Fsp3) is 0.667. The first-order valence-electron chi connectivity index (χ1n) is 4.83. The van der Waals surface area contributed by atoms with Gasteiger partial charge in [-0.3, -0.25) is 4.79 Å². The molecule has 0 aromatic carbocycles. The highest BCUT2D eigenvalue weighted by Gasteiger charge is 2.16. The van der Waals surface area contributed by atoms with Gasteiger partial charge in [-0.15, -0.1) is 11.8 Å². The van der Waals surface area contributed by atoms with Crippen molar-refractivity contribution in [2.24, 2.45) is 0 Å².